The molecule has 0 atom stereocenters. The molecule has 0 fully saturated rings. The molecule has 0 aliphatic heterocycles. The number of Topliss-reactive ketones (excluding diaryl/α,β-unsaturated/α-hetero) is 1. The van der Waals surface area contributed by atoms with Crippen molar-refractivity contribution in [2.45, 2.75) is 32.2 Å². The van der Waals surface area contributed by atoms with Gasteiger partial charge < -0.3 is 0 Å². The lowest BCUT2D eigenvalue weighted by molar-refractivity contribution is -0.684. The summed E-state index contributed by atoms with van der Waals surface area (Å²) < 4.78 is 296. The number of hydrogen-bond donors (Lipinski definition) is 0. The molecule has 0 bridgehead atoms. The van der Waals surface area contributed by atoms with E-state index in [1.165, 1.54) is 34.9 Å². The van der Waals surface area contributed by atoms with Crippen molar-refractivity contribution < 1.29 is 97.2 Å². The molecule has 0 radical (unpaired) electrons. The van der Waals surface area contributed by atoms with E-state index in [1.807, 2.05) is 30.3 Å². The van der Waals surface area contributed by atoms with Crippen LogP contribution < -0.4 is 26.4 Å². The van der Waals surface area contributed by atoms with E-state index in [1.54, 1.807) is 0 Å². The van der Waals surface area contributed by atoms with Crippen molar-refractivity contribution in [2.24, 2.45) is 0 Å². The monoisotopic (exact) mass is 1010 g/mol. The van der Waals surface area contributed by atoms with Crippen LogP contribution in [0.25, 0.3) is 16.3 Å². The lowest BCUT2D eigenvalue weighted by Gasteiger charge is -2.44. The van der Waals surface area contributed by atoms with Crippen molar-refractivity contribution in [2.75, 3.05) is 0 Å². The summed E-state index contributed by atoms with van der Waals surface area (Å²) in [6, 6.07) is 20.1. The van der Waals surface area contributed by atoms with E-state index < -0.39 is 144 Å². The molecule has 0 amide bonds. The molecule has 0 saturated carbocycles. The number of fused-ring (bicyclic) bond motifs is 1. The molecule has 1 aliphatic rings. The maximum absolute atomic E-state index is 15.4. The first-order chi connectivity index (χ1) is 33.0. The molecule has 1 aromatic heterocycles. The number of pyridine rings is 1. The number of hydrogen-bond acceptors (Lipinski definition) is 1. The predicted molar refractivity (Wildman–Crippen MR) is 211 cm³/mol. The number of nitrogens with zero attached hydrogens (tertiary/aromatic N) is 1. The van der Waals surface area contributed by atoms with E-state index >= 15 is 35.1 Å². The molecule has 364 valence electrons. The summed E-state index contributed by atoms with van der Waals surface area (Å²) >= 11 is 0. The Balaban J connectivity index is 0.000000242. The summed E-state index contributed by atoms with van der Waals surface area (Å²) in [6.07, 6.45) is 1.91. The Hall–Kier alpha value is -7.20. The van der Waals surface area contributed by atoms with Crippen LogP contribution in [0.3, 0.4) is 0 Å². The molecule has 1 heterocycles. The SMILES string of the molecule is Fc1c(F)c(F)c([B-](c2c(F)c(F)c(F)c(F)c2F)(c2c(F)c(F)c(F)c(F)c2F)c2c(F)c(F)c(F)c(F)c2F)c(F)c1F.O=C(C[n+]1ccc2ccccc2c1C1=CCCCC1)c1ccccc1. The number of ketones is 1. The summed E-state index contributed by atoms with van der Waals surface area (Å²) in [7, 11) is 0. The minimum atomic E-state index is -7.22. The number of aromatic nitrogens is 1. The highest BCUT2D eigenvalue weighted by Gasteiger charge is 2.52. The topological polar surface area (TPSA) is 20.9 Å². The molecule has 8 rings (SSSR count). The van der Waals surface area contributed by atoms with Gasteiger partial charge in [0, 0.05) is 17.2 Å². The Labute approximate surface area is 379 Å². The van der Waals surface area contributed by atoms with E-state index in [2.05, 4.69) is 47.2 Å². The molecule has 7 aromatic rings. The number of carbonyl (C=O) groups excluding carboxylic acids is 1. The molecule has 23 heteroatoms. The molecule has 2 nitrogen and oxygen atoms in total. The van der Waals surface area contributed by atoms with Gasteiger partial charge in [-0.25, -0.2) is 87.8 Å². The first-order valence-electron chi connectivity index (χ1n) is 20.0. The van der Waals surface area contributed by atoms with Gasteiger partial charge in [-0.2, -0.15) is 4.57 Å². The van der Waals surface area contributed by atoms with Crippen LogP contribution in [0, 0.1) is 116 Å². The number of benzene rings is 6. The quantitative estimate of drug-likeness (QED) is 0.0371. The van der Waals surface area contributed by atoms with E-state index in [0.717, 1.165) is 18.4 Å². The lowest BCUT2D eigenvalue weighted by Crippen LogP contribution is -2.81. The molecular formula is C47H22BF20NO. The fraction of sp³-hybridized carbons (Fsp3) is 0.106. The highest BCUT2D eigenvalue weighted by molar-refractivity contribution is 7.20. The smallest absolute Gasteiger partial charge is 0.227 e. The van der Waals surface area contributed by atoms with Crippen LogP contribution in [0.1, 0.15) is 41.7 Å². The second-order valence-electron chi connectivity index (χ2n) is 15.4. The van der Waals surface area contributed by atoms with Gasteiger partial charge in [0.15, 0.2) is 76.0 Å². The van der Waals surface area contributed by atoms with Crippen molar-refractivity contribution in [1.82, 2.24) is 0 Å². The third-order valence-electron chi connectivity index (χ3n) is 11.6. The van der Waals surface area contributed by atoms with E-state index in [0.29, 0.717) is 6.54 Å². The zero-order valence-electron chi connectivity index (χ0n) is 34.5. The van der Waals surface area contributed by atoms with Crippen LogP contribution >= 0.6 is 0 Å². The van der Waals surface area contributed by atoms with E-state index in [-0.39, 0.29) is 5.78 Å². The Morgan fingerprint density at radius 2 is 0.757 bits per heavy atom. The van der Waals surface area contributed by atoms with Gasteiger partial charge in [0.05, 0.1) is 5.39 Å². The van der Waals surface area contributed by atoms with Gasteiger partial charge in [-0.15, -0.1) is 21.9 Å². The Morgan fingerprint density at radius 1 is 0.414 bits per heavy atom. The average molecular weight is 1010 g/mol. The van der Waals surface area contributed by atoms with Crippen molar-refractivity contribution in [3.63, 3.8) is 0 Å². The van der Waals surface area contributed by atoms with Crippen LogP contribution in [0.5, 0.6) is 0 Å². The highest BCUT2D eigenvalue weighted by atomic mass is 19.2. The number of carbonyl (C=O) groups is 1. The van der Waals surface area contributed by atoms with Crippen LogP contribution in [0.4, 0.5) is 87.8 Å². The molecule has 0 unspecified atom stereocenters. The van der Waals surface area contributed by atoms with Gasteiger partial charge >= 0.3 is 0 Å². The maximum Gasteiger partial charge on any atom is 0.227 e. The fourth-order valence-corrected chi connectivity index (χ4v) is 8.54. The average Bonchev–Trinajstić information content (AvgIpc) is 3.36. The molecular weight excluding hydrogens is 985 g/mol. The minimum absolute atomic E-state index is 0.151. The normalized spacial score (nSPS) is 12.8. The molecule has 1 aliphatic carbocycles. The summed E-state index contributed by atoms with van der Waals surface area (Å²) in [4.78, 5) is 12.7. The van der Waals surface area contributed by atoms with Gasteiger partial charge in [-0.1, -0.05) is 54.6 Å². The summed E-state index contributed by atoms with van der Waals surface area (Å²) in [5, 5.41) is 2.46. The van der Waals surface area contributed by atoms with Gasteiger partial charge in [-0.3, -0.25) is 4.79 Å². The van der Waals surface area contributed by atoms with Crippen molar-refractivity contribution in [3.05, 3.63) is 201 Å². The maximum atomic E-state index is 15.4. The summed E-state index contributed by atoms with van der Waals surface area (Å²) in [5.41, 5.74) is -11.0. The van der Waals surface area contributed by atoms with Crippen molar-refractivity contribution in [1.29, 1.82) is 0 Å². The fourth-order valence-electron chi connectivity index (χ4n) is 8.54. The second kappa shape index (κ2) is 19.3. The first-order valence-corrected chi connectivity index (χ1v) is 20.0. The number of rotatable bonds is 8. The Kier molecular flexibility index (Phi) is 14.0. The predicted octanol–water partition coefficient (Wildman–Crippen LogP) is 10.8. The lowest BCUT2D eigenvalue weighted by atomic mass is 9.12. The molecule has 0 saturated heterocycles. The standard InChI is InChI=1S/C24BF20.C23H22NO/c26-5-1(6(27)14(35)21(42)13(5)34)25(2-7(28)15(36)22(43)16(37)8(2)29,3-9(30)17(38)23(44)18(39)10(3)31)4-11(32)19(40)24(45)20(41)12(4)33;25-22(19-10-3-1-4-11-19)17-24-16-15-18-9-7-8-14-21(18)23(24)20-12-5-2-6-13-20/h;1,3-4,7-12,14-16H,2,5-6,13,17H2/q-1;+1. The zero-order chi connectivity index (χ0) is 51.4. The van der Waals surface area contributed by atoms with Crippen LogP contribution in [-0.2, 0) is 6.54 Å². The van der Waals surface area contributed by atoms with Crippen molar-refractivity contribution in [3.8, 4) is 0 Å². The van der Waals surface area contributed by atoms with Crippen LogP contribution in [0.2, 0.25) is 0 Å². The van der Waals surface area contributed by atoms with E-state index in [4.69, 9.17) is 0 Å². The molecule has 0 N–H and O–H groups in total. The van der Waals surface area contributed by atoms with Crippen LogP contribution in [0.15, 0.2) is 72.9 Å². The molecule has 6 aromatic carbocycles. The first kappa shape index (κ1) is 50.7. The number of allylic oxidation sites excluding steroid dienone is 2. The van der Waals surface area contributed by atoms with Crippen molar-refractivity contribution >= 4 is 50.1 Å². The molecule has 70 heavy (non-hydrogen) atoms. The highest BCUT2D eigenvalue weighted by Crippen LogP contribution is 2.32. The van der Waals surface area contributed by atoms with E-state index in [9.17, 15) is 57.5 Å². The third kappa shape index (κ3) is 8.01. The Bertz CT molecular complexity index is 2940. The summed E-state index contributed by atoms with van der Waals surface area (Å²) in [5.74, 6) is -71.3. The minimum Gasteiger partial charge on any atom is -0.287 e. The van der Waals surface area contributed by atoms with Gasteiger partial charge in [-0.05, 0) is 37.1 Å². The third-order valence-corrected chi connectivity index (χ3v) is 11.6. The summed E-state index contributed by atoms with van der Waals surface area (Å²) in [6.45, 7) is 0.377. The largest absolute Gasteiger partial charge is 0.287 e. The second-order valence-corrected chi connectivity index (χ2v) is 15.4. The van der Waals surface area contributed by atoms with Crippen LogP contribution in [-0.4, -0.2) is 11.9 Å². The molecule has 0 spiro atoms. The van der Waals surface area contributed by atoms with Gasteiger partial charge in [0.25, 0.3) is 0 Å². The Morgan fingerprint density at radius 3 is 1.11 bits per heavy atom. The van der Waals surface area contributed by atoms with Gasteiger partial charge in [0.1, 0.15) is 52.7 Å². The number of halogens is 20. The van der Waals surface area contributed by atoms with Gasteiger partial charge in [0.2, 0.25) is 18.0 Å². The zero-order valence-corrected chi connectivity index (χ0v) is 34.5.